The summed E-state index contributed by atoms with van der Waals surface area (Å²) in [5.41, 5.74) is 4.13. The van der Waals surface area contributed by atoms with Gasteiger partial charge in [-0.25, -0.2) is 4.39 Å². The Hall–Kier alpha value is -3.88. The summed E-state index contributed by atoms with van der Waals surface area (Å²) < 4.78 is 30.7. The predicted octanol–water partition coefficient (Wildman–Crippen LogP) is 6.13. The standard InChI is InChI=1S/C30H32FN3O4/c1-30(2,3)37-27(35)18-34(4)17-20-10-12-21(13-11-20)28-32-29(38-33-28)22-14-15-24(23(16-22)19-36-5)25-8-6-7-9-26(25)31/h6-16H,17-19H2,1-5H3. The first-order valence-electron chi connectivity index (χ1n) is 12.3. The van der Waals surface area contributed by atoms with E-state index in [4.69, 9.17) is 14.0 Å². The Labute approximate surface area is 222 Å². The number of likely N-dealkylation sites (N-methyl/N-ethyl adjacent to an activating group) is 1. The van der Waals surface area contributed by atoms with Gasteiger partial charge in [0.15, 0.2) is 0 Å². The molecule has 0 radical (unpaired) electrons. The highest BCUT2D eigenvalue weighted by Gasteiger charge is 2.18. The highest BCUT2D eigenvalue weighted by molar-refractivity contribution is 5.73. The Morgan fingerprint density at radius 3 is 2.39 bits per heavy atom. The van der Waals surface area contributed by atoms with Crippen LogP contribution >= 0.6 is 0 Å². The summed E-state index contributed by atoms with van der Waals surface area (Å²) in [7, 11) is 3.47. The van der Waals surface area contributed by atoms with Crippen LogP contribution in [0.2, 0.25) is 0 Å². The average molecular weight is 518 g/mol. The normalized spacial score (nSPS) is 11.7. The van der Waals surface area contributed by atoms with Crippen LogP contribution in [0.15, 0.2) is 71.3 Å². The summed E-state index contributed by atoms with van der Waals surface area (Å²) in [6, 6.07) is 20.0. The second-order valence-electron chi connectivity index (χ2n) is 10.2. The molecule has 3 aromatic carbocycles. The van der Waals surface area contributed by atoms with Crippen molar-refractivity contribution in [1.82, 2.24) is 15.0 Å². The van der Waals surface area contributed by atoms with E-state index < -0.39 is 5.60 Å². The molecule has 4 aromatic rings. The zero-order chi connectivity index (χ0) is 27.3. The predicted molar refractivity (Wildman–Crippen MR) is 143 cm³/mol. The minimum Gasteiger partial charge on any atom is -0.459 e. The van der Waals surface area contributed by atoms with Crippen LogP contribution in [0.25, 0.3) is 34.0 Å². The SMILES string of the molecule is COCc1cc(-c2nc(-c3ccc(CN(C)CC(=O)OC(C)(C)C)cc3)no2)ccc1-c1ccccc1F. The largest absolute Gasteiger partial charge is 0.459 e. The van der Waals surface area contributed by atoms with E-state index >= 15 is 0 Å². The van der Waals surface area contributed by atoms with Crippen molar-refractivity contribution in [3.8, 4) is 34.0 Å². The summed E-state index contributed by atoms with van der Waals surface area (Å²) in [4.78, 5) is 18.5. The lowest BCUT2D eigenvalue weighted by Crippen LogP contribution is -2.32. The van der Waals surface area contributed by atoms with Crippen molar-refractivity contribution >= 4 is 5.97 Å². The number of hydrogen-bond donors (Lipinski definition) is 0. The van der Waals surface area contributed by atoms with Crippen LogP contribution in [0.5, 0.6) is 0 Å². The first kappa shape index (κ1) is 27.2. The number of hydrogen-bond acceptors (Lipinski definition) is 7. The van der Waals surface area contributed by atoms with Gasteiger partial charge in [-0.2, -0.15) is 4.98 Å². The van der Waals surface area contributed by atoms with E-state index in [1.807, 2.05) is 75.2 Å². The highest BCUT2D eigenvalue weighted by Crippen LogP contribution is 2.31. The summed E-state index contributed by atoms with van der Waals surface area (Å²) in [5.74, 6) is 0.266. The maximum absolute atomic E-state index is 14.4. The fraction of sp³-hybridized carbons (Fsp3) is 0.300. The third-order valence-electron chi connectivity index (χ3n) is 5.73. The number of carbonyl (C=O) groups is 1. The molecule has 0 bridgehead atoms. The first-order chi connectivity index (χ1) is 18.1. The molecule has 8 heteroatoms. The topological polar surface area (TPSA) is 77.7 Å². The molecule has 0 fully saturated rings. The monoisotopic (exact) mass is 517 g/mol. The number of ether oxygens (including phenoxy) is 2. The summed E-state index contributed by atoms with van der Waals surface area (Å²) >= 11 is 0. The Bertz CT molecular complexity index is 1390. The van der Waals surface area contributed by atoms with Crippen LogP contribution in [0.4, 0.5) is 4.39 Å². The molecule has 0 N–H and O–H groups in total. The lowest BCUT2D eigenvalue weighted by Gasteiger charge is -2.22. The van der Waals surface area contributed by atoms with Crippen LogP contribution in [-0.4, -0.2) is 47.3 Å². The van der Waals surface area contributed by atoms with Gasteiger partial charge >= 0.3 is 5.97 Å². The minimum absolute atomic E-state index is 0.202. The molecule has 0 unspecified atom stereocenters. The molecule has 38 heavy (non-hydrogen) atoms. The van der Waals surface area contributed by atoms with Crippen molar-refractivity contribution in [2.24, 2.45) is 0 Å². The van der Waals surface area contributed by atoms with Crippen molar-refractivity contribution in [2.75, 3.05) is 20.7 Å². The van der Waals surface area contributed by atoms with Gasteiger partial charge in [-0.3, -0.25) is 9.69 Å². The molecular formula is C30H32FN3O4. The van der Waals surface area contributed by atoms with Gasteiger partial charge in [0, 0.05) is 30.3 Å². The van der Waals surface area contributed by atoms with Crippen LogP contribution < -0.4 is 0 Å². The molecule has 1 aromatic heterocycles. The molecule has 0 aliphatic heterocycles. The van der Waals surface area contributed by atoms with Gasteiger partial charge in [-0.05, 0) is 62.7 Å². The van der Waals surface area contributed by atoms with E-state index in [1.165, 1.54) is 6.07 Å². The Balaban J connectivity index is 1.47. The number of halogens is 1. The molecule has 0 spiro atoms. The fourth-order valence-electron chi connectivity index (χ4n) is 4.12. The van der Waals surface area contributed by atoms with E-state index in [-0.39, 0.29) is 18.3 Å². The molecule has 0 saturated carbocycles. The molecule has 0 aliphatic rings. The molecule has 0 aliphatic carbocycles. The van der Waals surface area contributed by atoms with Gasteiger partial charge in [0.05, 0.1) is 13.2 Å². The van der Waals surface area contributed by atoms with Crippen molar-refractivity contribution in [1.29, 1.82) is 0 Å². The lowest BCUT2D eigenvalue weighted by atomic mass is 9.97. The third-order valence-corrected chi connectivity index (χ3v) is 5.73. The minimum atomic E-state index is -0.504. The Kier molecular flexibility index (Phi) is 8.34. The molecule has 198 valence electrons. The maximum atomic E-state index is 14.4. The molecular weight excluding hydrogens is 485 g/mol. The van der Waals surface area contributed by atoms with Gasteiger partial charge in [0.1, 0.15) is 11.4 Å². The van der Waals surface area contributed by atoms with E-state index in [0.717, 1.165) is 27.8 Å². The van der Waals surface area contributed by atoms with Crippen LogP contribution in [0.1, 0.15) is 31.9 Å². The lowest BCUT2D eigenvalue weighted by molar-refractivity contribution is -0.155. The van der Waals surface area contributed by atoms with Crippen molar-refractivity contribution < 1.29 is 23.2 Å². The average Bonchev–Trinajstić information content (AvgIpc) is 3.34. The molecule has 0 atom stereocenters. The van der Waals surface area contributed by atoms with Crippen LogP contribution in [0.3, 0.4) is 0 Å². The zero-order valence-corrected chi connectivity index (χ0v) is 22.3. The first-order valence-corrected chi connectivity index (χ1v) is 12.3. The smallest absolute Gasteiger partial charge is 0.320 e. The van der Waals surface area contributed by atoms with Gasteiger partial charge in [0.25, 0.3) is 5.89 Å². The fourth-order valence-corrected chi connectivity index (χ4v) is 4.12. The zero-order valence-electron chi connectivity index (χ0n) is 22.3. The van der Waals surface area contributed by atoms with E-state index in [1.54, 1.807) is 25.3 Å². The molecule has 4 rings (SSSR count). The van der Waals surface area contributed by atoms with Gasteiger partial charge in [-0.15, -0.1) is 0 Å². The number of carbonyl (C=O) groups excluding carboxylic acids is 1. The maximum Gasteiger partial charge on any atom is 0.320 e. The van der Waals surface area contributed by atoms with Crippen LogP contribution in [-0.2, 0) is 27.4 Å². The van der Waals surface area contributed by atoms with Crippen molar-refractivity contribution in [2.45, 2.75) is 39.5 Å². The Morgan fingerprint density at radius 2 is 1.71 bits per heavy atom. The molecule has 1 heterocycles. The molecule has 0 saturated heterocycles. The second kappa shape index (κ2) is 11.7. The Morgan fingerprint density at radius 1 is 1.00 bits per heavy atom. The van der Waals surface area contributed by atoms with Gasteiger partial charge < -0.3 is 14.0 Å². The van der Waals surface area contributed by atoms with E-state index in [2.05, 4.69) is 10.1 Å². The molecule has 0 amide bonds. The number of nitrogens with zero attached hydrogens (tertiary/aromatic N) is 3. The van der Waals surface area contributed by atoms with Gasteiger partial charge in [0.2, 0.25) is 5.82 Å². The second-order valence-corrected chi connectivity index (χ2v) is 10.2. The number of esters is 1. The molecule has 7 nitrogen and oxygen atoms in total. The highest BCUT2D eigenvalue weighted by atomic mass is 19.1. The number of benzene rings is 3. The quantitative estimate of drug-likeness (QED) is 0.247. The summed E-state index contributed by atoms with van der Waals surface area (Å²) in [6.07, 6.45) is 0. The summed E-state index contributed by atoms with van der Waals surface area (Å²) in [6.45, 7) is 6.66. The number of aromatic nitrogens is 2. The van der Waals surface area contributed by atoms with E-state index in [9.17, 15) is 9.18 Å². The van der Waals surface area contributed by atoms with E-state index in [0.29, 0.717) is 30.4 Å². The van der Waals surface area contributed by atoms with Crippen LogP contribution in [0, 0.1) is 5.82 Å². The number of rotatable bonds is 9. The summed E-state index contributed by atoms with van der Waals surface area (Å²) in [5, 5.41) is 4.15. The third kappa shape index (κ3) is 6.90. The van der Waals surface area contributed by atoms with Crippen molar-refractivity contribution in [3.63, 3.8) is 0 Å². The van der Waals surface area contributed by atoms with Gasteiger partial charge in [-0.1, -0.05) is 53.7 Å². The number of methoxy groups -OCH3 is 1. The van der Waals surface area contributed by atoms with Crippen molar-refractivity contribution in [3.05, 3.63) is 83.7 Å².